The Kier molecular flexibility index (Phi) is 13.2. The van der Waals surface area contributed by atoms with E-state index in [1.807, 2.05) is 6.55 Å². The predicted molar refractivity (Wildman–Crippen MR) is 128 cm³/mol. The molecule has 152 valence electrons. The number of nitrogens with zero attached hydrogens (tertiary/aromatic N) is 1. The molecule has 1 nitrogen and oxygen atoms in total. The van der Waals surface area contributed by atoms with Gasteiger partial charge in [-0.2, -0.15) is 0 Å². The van der Waals surface area contributed by atoms with Crippen LogP contribution in [0.25, 0.3) is 0 Å². The highest BCUT2D eigenvalue weighted by molar-refractivity contribution is 7.44. The molecule has 0 amide bonds. The minimum atomic E-state index is -1.89. The van der Waals surface area contributed by atoms with Crippen molar-refractivity contribution in [2.45, 2.75) is 116 Å². The zero-order chi connectivity index (χ0) is 19.6. The number of halogens is 2. The van der Waals surface area contributed by atoms with Gasteiger partial charge in [0.15, 0.2) is 0 Å². The molecule has 0 aliphatic heterocycles. The van der Waals surface area contributed by atoms with E-state index in [0.717, 1.165) is 6.04 Å². The standard InChI is InChI=1S/C19H45Cl2NSi3/c1-8-24(9-2,10-3)22(25(11-4,12-5)13-6)18-16-14-15-17-19-23(7,20)21/h8-19H2,1-7H3. The molecule has 0 radical (unpaired) electrons. The first-order valence-electron chi connectivity index (χ1n) is 10.9. The largest absolute Gasteiger partial charge is 0.345 e. The molecule has 0 aromatic heterocycles. The van der Waals surface area contributed by atoms with Crippen molar-refractivity contribution in [1.82, 2.24) is 4.23 Å². The number of hydrogen-bond acceptors (Lipinski definition) is 1. The molecule has 0 unspecified atom stereocenters. The SMILES string of the molecule is CC[Si](CC)(CC)N(CCCCCC[Si](C)(Cl)Cl)[Si](CC)(CC)CC. The first kappa shape index (κ1) is 26.2. The van der Waals surface area contributed by atoms with Crippen molar-refractivity contribution in [2.75, 3.05) is 6.54 Å². The van der Waals surface area contributed by atoms with Crippen LogP contribution >= 0.6 is 22.2 Å². The molecule has 0 atom stereocenters. The van der Waals surface area contributed by atoms with E-state index in [0.29, 0.717) is 0 Å². The highest BCUT2D eigenvalue weighted by Crippen LogP contribution is 2.36. The quantitative estimate of drug-likeness (QED) is 0.140. The van der Waals surface area contributed by atoms with Gasteiger partial charge in [-0.15, -0.1) is 22.2 Å². The Morgan fingerprint density at radius 1 is 0.600 bits per heavy atom. The average Bonchev–Trinajstić information content (AvgIpc) is 2.60. The zero-order valence-electron chi connectivity index (χ0n) is 18.2. The summed E-state index contributed by atoms with van der Waals surface area (Å²) in [7, 11) is -2.57. The summed E-state index contributed by atoms with van der Waals surface area (Å²) in [5.74, 6) is 0. The van der Waals surface area contributed by atoms with Crippen LogP contribution in [0.2, 0.25) is 48.9 Å². The molecule has 0 saturated carbocycles. The summed E-state index contributed by atoms with van der Waals surface area (Å²) >= 11 is 12.5. The van der Waals surface area contributed by atoms with Gasteiger partial charge in [0.1, 0.15) is 16.5 Å². The third-order valence-electron chi connectivity index (χ3n) is 6.84. The van der Waals surface area contributed by atoms with Crippen LogP contribution in [0.3, 0.4) is 0 Å². The molecular formula is C19H45Cl2NSi3. The summed E-state index contributed by atoms with van der Waals surface area (Å²) in [6.07, 6.45) is 5.23. The van der Waals surface area contributed by atoms with Gasteiger partial charge in [0.2, 0.25) is 6.69 Å². The lowest BCUT2D eigenvalue weighted by atomic mass is 10.2. The Labute approximate surface area is 171 Å². The number of rotatable bonds is 15. The smallest absolute Gasteiger partial charge is 0.248 e. The van der Waals surface area contributed by atoms with E-state index < -0.39 is 23.2 Å². The molecule has 25 heavy (non-hydrogen) atoms. The fourth-order valence-corrected chi connectivity index (χ4v) is 19.8. The monoisotopic (exact) mass is 441 g/mol. The van der Waals surface area contributed by atoms with E-state index in [2.05, 4.69) is 45.8 Å². The van der Waals surface area contributed by atoms with Crippen molar-refractivity contribution >= 4 is 45.3 Å². The molecule has 0 spiro atoms. The van der Waals surface area contributed by atoms with Gasteiger partial charge < -0.3 is 4.23 Å². The van der Waals surface area contributed by atoms with Crippen LogP contribution in [0.15, 0.2) is 0 Å². The Morgan fingerprint density at radius 3 is 1.28 bits per heavy atom. The van der Waals surface area contributed by atoms with E-state index in [-0.39, 0.29) is 0 Å². The maximum Gasteiger partial charge on any atom is 0.248 e. The van der Waals surface area contributed by atoms with Crippen molar-refractivity contribution < 1.29 is 0 Å². The zero-order valence-corrected chi connectivity index (χ0v) is 22.7. The Balaban J connectivity index is 4.99. The molecule has 0 bridgehead atoms. The van der Waals surface area contributed by atoms with Gasteiger partial charge in [-0.1, -0.05) is 60.8 Å². The second-order valence-corrected chi connectivity index (χ2v) is 26.8. The van der Waals surface area contributed by atoms with Crippen molar-refractivity contribution in [3.8, 4) is 0 Å². The average molecular weight is 443 g/mol. The van der Waals surface area contributed by atoms with Crippen LogP contribution in [-0.2, 0) is 0 Å². The predicted octanol–water partition coefficient (Wildman–Crippen LogP) is 8.41. The van der Waals surface area contributed by atoms with Gasteiger partial charge in [-0.05, 0) is 61.8 Å². The van der Waals surface area contributed by atoms with E-state index in [1.54, 1.807) is 0 Å². The lowest BCUT2D eigenvalue weighted by Crippen LogP contribution is -2.66. The van der Waals surface area contributed by atoms with Crippen molar-refractivity contribution in [3.63, 3.8) is 0 Å². The van der Waals surface area contributed by atoms with E-state index >= 15 is 0 Å². The normalized spacial score (nSPS) is 13.7. The molecule has 0 aliphatic rings. The third-order valence-corrected chi connectivity index (χ3v) is 22.7. The second-order valence-electron chi connectivity index (χ2n) is 7.96. The summed E-state index contributed by atoms with van der Waals surface area (Å²) in [5, 5.41) is 0. The van der Waals surface area contributed by atoms with Crippen LogP contribution in [0.4, 0.5) is 0 Å². The molecule has 0 aromatic rings. The van der Waals surface area contributed by atoms with Crippen LogP contribution in [0.5, 0.6) is 0 Å². The van der Waals surface area contributed by atoms with Crippen molar-refractivity contribution in [3.05, 3.63) is 0 Å². The lowest BCUT2D eigenvalue weighted by Gasteiger charge is -2.52. The highest BCUT2D eigenvalue weighted by atomic mass is 35.7. The molecule has 0 fully saturated rings. The van der Waals surface area contributed by atoms with Crippen LogP contribution in [-0.4, -0.2) is 33.9 Å². The van der Waals surface area contributed by atoms with Gasteiger partial charge in [-0.25, -0.2) is 0 Å². The Morgan fingerprint density at radius 2 is 0.960 bits per heavy atom. The Bertz CT molecular complexity index is 304. The van der Waals surface area contributed by atoms with Crippen LogP contribution in [0.1, 0.15) is 67.2 Å². The lowest BCUT2D eigenvalue weighted by molar-refractivity contribution is 0.524. The fraction of sp³-hybridized carbons (Fsp3) is 1.00. The molecule has 0 rings (SSSR count). The van der Waals surface area contributed by atoms with Gasteiger partial charge in [0.25, 0.3) is 0 Å². The summed E-state index contributed by atoms with van der Waals surface area (Å²) < 4.78 is 3.21. The molecule has 0 aromatic carbocycles. The van der Waals surface area contributed by atoms with Crippen LogP contribution < -0.4 is 0 Å². The van der Waals surface area contributed by atoms with Crippen LogP contribution in [0, 0.1) is 0 Å². The third kappa shape index (κ3) is 7.98. The van der Waals surface area contributed by atoms with E-state index in [1.165, 1.54) is 68.5 Å². The maximum atomic E-state index is 6.24. The van der Waals surface area contributed by atoms with Crippen molar-refractivity contribution in [1.29, 1.82) is 0 Å². The first-order chi connectivity index (χ1) is 11.7. The second kappa shape index (κ2) is 12.6. The summed E-state index contributed by atoms with van der Waals surface area (Å²) in [6.45, 7) is 16.3. The van der Waals surface area contributed by atoms with Gasteiger partial charge in [-0.3, -0.25) is 0 Å². The molecule has 6 heteroatoms. The summed E-state index contributed by atoms with van der Waals surface area (Å²) in [5.41, 5.74) is 0. The summed E-state index contributed by atoms with van der Waals surface area (Å²) in [6, 6.07) is 9.62. The van der Waals surface area contributed by atoms with Gasteiger partial charge in [0, 0.05) is 0 Å². The molecule has 0 aliphatic carbocycles. The number of hydrogen-bond donors (Lipinski definition) is 0. The minimum Gasteiger partial charge on any atom is -0.345 e. The summed E-state index contributed by atoms with van der Waals surface area (Å²) in [4.78, 5) is 0. The topological polar surface area (TPSA) is 3.24 Å². The number of unbranched alkanes of at least 4 members (excludes halogenated alkanes) is 3. The first-order valence-corrected chi connectivity index (χ1v) is 20.7. The maximum absolute atomic E-state index is 6.24. The van der Waals surface area contributed by atoms with E-state index in [9.17, 15) is 0 Å². The molecule has 0 N–H and O–H groups in total. The molecule has 0 heterocycles. The van der Waals surface area contributed by atoms with Gasteiger partial charge in [0.05, 0.1) is 0 Å². The minimum absolute atomic E-state index is 1.05. The Hall–Kier alpha value is 1.19. The molecular weight excluding hydrogens is 397 g/mol. The molecule has 0 saturated heterocycles. The highest BCUT2D eigenvalue weighted by Gasteiger charge is 2.45. The van der Waals surface area contributed by atoms with E-state index in [4.69, 9.17) is 22.2 Å². The van der Waals surface area contributed by atoms with Crippen molar-refractivity contribution in [2.24, 2.45) is 0 Å². The van der Waals surface area contributed by atoms with Gasteiger partial charge >= 0.3 is 0 Å². The fourth-order valence-electron chi connectivity index (χ4n) is 4.68.